The van der Waals surface area contributed by atoms with E-state index in [4.69, 9.17) is 24.9 Å². The molecule has 0 aliphatic carbocycles. The van der Waals surface area contributed by atoms with Crippen LogP contribution in [0.2, 0.25) is 0 Å². The van der Waals surface area contributed by atoms with Gasteiger partial charge in [0.05, 0.1) is 12.2 Å². The van der Waals surface area contributed by atoms with Crippen LogP contribution in [-0.4, -0.2) is 24.2 Å². The molecule has 0 unspecified atom stereocenters. The summed E-state index contributed by atoms with van der Waals surface area (Å²) >= 11 is 0. The summed E-state index contributed by atoms with van der Waals surface area (Å²) in [7, 11) is 0. The number of benzene rings is 2. The van der Waals surface area contributed by atoms with E-state index in [1.807, 2.05) is 42.6 Å². The third-order valence-electron chi connectivity index (χ3n) is 5.41. The molecular formula is C25H25N3O3. The zero-order valence-corrected chi connectivity index (χ0v) is 17.9. The van der Waals surface area contributed by atoms with Gasteiger partial charge in [-0.05, 0) is 35.2 Å². The molecule has 1 aromatic heterocycles. The van der Waals surface area contributed by atoms with Crippen LogP contribution in [-0.2, 0) is 10.3 Å². The van der Waals surface area contributed by atoms with E-state index in [-0.39, 0.29) is 18.0 Å². The fourth-order valence-corrected chi connectivity index (χ4v) is 3.89. The van der Waals surface area contributed by atoms with Gasteiger partial charge < -0.3 is 19.9 Å². The second kappa shape index (κ2) is 7.01. The maximum Gasteiger partial charge on any atom is 0.283 e. The SMILES string of the molecule is CC(C)(C)COc1ccc2c(c1)[C@@]1(COC(N)=N1)c1cc(-c3ccccc3)cnc1O2. The number of nitrogens with two attached hydrogens (primary N) is 1. The van der Waals surface area contributed by atoms with Crippen LogP contribution < -0.4 is 15.2 Å². The minimum Gasteiger partial charge on any atom is -0.493 e. The number of hydrogen-bond donors (Lipinski definition) is 1. The fraction of sp³-hybridized carbons (Fsp3) is 0.280. The first-order valence-electron chi connectivity index (χ1n) is 10.3. The van der Waals surface area contributed by atoms with Crippen molar-refractivity contribution in [3.63, 3.8) is 0 Å². The van der Waals surface area contributed by atoms with Crippen molar-refractivity contribution in [1.82, 2.24) is 4.98 Å². The number of rotatable bonds is 3. The molecule has 0 saturated heterocycles. The Bertz CT molecular complexity index is 1170. The van der Waals surface area contributed by atoms with Gasteiger partial charge in [-0.25, -0.2) is 9.98 Å². The van der Waals surface area contributed by atoms with Gasteiger partial charge in [-0.15, -0.1) is 0 Å². The Labute approximate surface area is 181 Å². The molecule has 5 rings (SSSR count). The van der Waals surface area contributed by atoms with E-state index < -0.39 is 5.54 Å². The molecule has 6 heteroatoms. The molecule has 3 heterocycles. The summed E-state index contributed by atoms with van der Waals surface area (Å²) in [5.41, 5.74) is 8.94. The molecule has 31 heavy (non-hydrogen) atoms. The summed E-state index contributed by atoms with van der Waals surface area (Å²) in [6.45, 7) is 7.29. The predicted octanol–water partition coefficient (Wildman–Crippen LogP) is 4.87. The minimum absolute atomic E-state index is 0.0459. The summed E-state index contributed by atoms with van der Waals surface area (Å²) in [6, 6.07) is 18.1. The van der Waals surface area contributed by atoms with E-state index in [2.05, 4.69) is 44.0 Å². The maximum atomic E-state index is 6.16. The fourth-order valence-electron chi connectivity index (χ4n) is 3.89. The van der Waals surface area contributed by atoms with Crippen LogP contribution >= 0.6 is 0 Å². The van der Waals surface area contributed by atoms with E-state index >= 15 is 0 Å². The van der Waals surface area contributed by atoms with Crippen molar-refractivity contribution < 1.29 is 14.2 Å². The Morgan fingerprint density at radius 2 is 1.84 bits per heavy atom. The quantitative estimate of drug-likeness (QED) is 0.660. The molecular weight excluding hydrogens is 390 g/mol. The lowest BCUT2D eigenvalue weighted by atomic mass is 9.81. The normalized spacial score (nSPS) is 19.1. The van der Waals surface area contributed by atoms with Gasteiger partial charge in [-0.3, -0.25) is 0 Å². The molecule has 0 saturated carbocycles. The smallest absolute Gasteiger partial charge is 0.283 e. The van der Waals surface area contributed by atoms with Gasteiger partial charge in [-0.1, -0.05) is 51.1 Å². The average Bonchev–Trinajstić information content (AvgIpc) is 3.15. The zero-order chi connectivity index (χ0) is 21.6. The highest BCUT2D eigenvalue weighted by Gasteiger charge is 2.48. The first kappa shape index (κ1) is 19.4. The molecule has 0 bridgehead atoms. The largest absolute Gasteiger partial charge is 0.493 e. The van der Waals surface area contributed by atoms with Gasteiger partial charge in [0.2, 0.25) is 5.88 Å². The Hall–Kier alpha value is -3.54. The lowest BCUT2D eigenvalue weighted by Crippen LogP contribution is -2.31. The molecule has 6 nitrogen and oxygen atoms in total. The zero-order valence-electron chi connectivity index (χ0n) is 17.9. The van der Waals surface area contributed by atoms with Gasteiger partial charge in [0.15, 0.2) is 5.54 Å². The summed E-state index contributed by atoms with van der Waals surface area (Å²) in [4.78, 5) is 9.35. The van der Waals surface area contributed by atoms with Crippen LogP contribution in [0.4, 0.5) is 0 Å². The van der Waals surface area contributed by atoms with Crippen LogP contribution in [0.15, 0.2) is 65.8 Å². The van der Waals surface area contributed by atoms with Crippen molar-refractivity contribution >= 4 is 6.02 Å². The Morgan fingerprint density at radius 1 is 1.03 bits per heavy atom. The van der Waals surface area contributed by atoms with Crippen molar-refractivity contribution in [2.75, 3.05) is 13.2 Å². The predicted molar refractivity (Wildman–Crippen MR) is 119 cm³/mol. The molecule has 2 aromatic carbocycles. The van der Waals surface area contributed by atoms with Crippen molar-refractivity contribution in [3.05, 3.63) is 71.9 Å². The molecule has 2 aliphatic heterocycles. The monoisotopic (exact) mass is 415 g/mol. The second-order valence-corrected chi connectivity index (χ2v) is 9.15. The maximum absolute atomic E-state index is 6.16. The summed E-state index contributed by atoms with van der Waals surface area (Å²) in [5, 5.41) is 0. The highest BCUT2D eigenvalue weighted by molar-refractivity contribution is 5.77. The number of aliphatic imine (C=N–C) groups is 1. The summed E-state index contributed by atoms with van der Waals surface area (Å²) in [5.74, 6) is 1.95. The number of fused-ring (bicyclic) bond motifs is 4. The molecule has 2 aliphatic rings. The highest BCUT2D eigenvalue weighted by atomic mass is 16.5. The van der Waals surface area contributed by atoms with Crippen molar-refractivity contribution in [3.8, 4) is 28.5 Å². The third kappa shape index (κ3) is 3.48. The van der Waals surface area contributed by atoms with E-state index in [1.165, 1.54) is 0 Å². The topological polar surface area (TPSA) is 79.0 Å². The number of hydrogen-bond acceptors (Lipinski definition) is 6. The van der Waals surface area contributed by atoms with Gasteiger partial charge >= 0.3 is 0 Å². The van der Waals surface area contributed by atoms with Crippen LogP contribution in [0.5, 0.6) is 17.4 Å². The lowest BCUT2D eigenvalue weighted by molar-refractivity contribution is 0.197. The number of nitrogens with zero attached hydrogens (tertiary/aromatic N) is 2. The number of pyridine rings is 1. The number of aromatic nitrogens is 1. The van der Waals surface area contributed by atoms with Crippen LogP contribution in [0.1, 0.15) is 31.9 Å². The standard InChI is InChI=1S/C25H25N3O3/c1-24(2,3)14-29-18-9-10-21-19(12-18)25(15-30-23(26)28-25)20-11-17(13-27-22(20)31-21)16-7-5-4-6-8-16/h4-13H,14-15H2,1-3H3,(H2,26,28)/t25-/m0/s1. The molecule has 1 spiro atoms. The minimum atomic E-state index is -0.827. The van der Waals surface area contributed by atoms with Crippen LogP contribution in [0.3, 0.4) is 0 Å². The van der Waals surface area contributed by atoms with Crippen LogP contribution in [0, 0.1) is 5.41 Å². The van der Waals surface area contributed by atoms with E-state index in [1.54, 1.807) is 0 Å². The second-order valence-electron chi connectivity index (χ2n) is 9.15. The molecule has 0 amide bonds. The molecule has 3 aromatic rings. The first-order valence-corrected chi connectivity index (χ1v) is 10.3. The van der Waals surface area contributed by atoms with Gasteiger partial charge in [0.1, 0.15) is 18.1 Å². The Morgan fingerprint density at radius 3 is 2.55 bits per heavy atom. The Balaban J connectivity index is 1.63. The summed E-state index contributed by atoms with van der Waals surface area (Å²) in [6.07, 6.45) is 1.82. The van der Waals surface area contributed by atoms with Gasteiger partial charge in [0, 0.05) is 17.3 Å². The molecule has 1 atom stereocenters. The average molecular weight is 415 g/mol. The highest BCUT2D eigenvalue weighted by Crippen LogP contribution is 2.51. The molecule has 2 N–H and O–H groups in total. The Kier molecular flexibility index (Phi) is 4.39. The first-order chi connectivity index (χ1) is 14.8. The van der Waals surface area contributed by atoms with Gasteiger partial charge in [0.25, 0.3) is 6.02 Å². The van der Waals surface area contributed by atoms with Crippen molar-refractivity contribution in [1.29, 1.82) is 0 Å². The molecule has 0 radical (unpaired) electrons. The number of amidine groups is 1. The summed E-state index contributed by atoms with van der Waals surface area (Å²) < 4.78 is 17.9. The van der Waals surface area contributed by atoms with Crippen molar-refractivity contribution in [2.24, 2.45) is 16.1 Å². The molecule has 0 fully saturated rings. The third-order valence-corrected chi connectivity index (χ3v) is 5.41. The lowest BCUT2D eigenvalue weighted by Gasteiger charge is -2.33. The number of ether oxygens (including phenoxy) is 3. The van der Waals surface area contributed by atoms with E-state index in [9.17, 15) is 0 Å². The molecule has 158 valence electrons. The van der Waals surface area contributed by atoms with Crippen molar-refractivity contribution in [2.45, 2.75) is 26.3 Å². The van der Waals surface area contributed by atoms with E-state index in [0.29, 0.717) is 18.2 Å². The van der Waals surface area contributed by atoms with Crippen LogP contribution in [0.25, 0.3) is 11.1 Å². The van der Waals surface area contributed by atoms with E-state index in [0.717, 1.165) is 28.0 Å². The van der Waals surface area contributed by atoms with Gasteiger partial charge in [-0.2, -0.15) is 0 Å².